The summed E-state index contributed by atoms with van der Waals surface area (Å²) < 4.78 is 6.22. The predicted octanol–water partition coefficient (Wildman–Crippen LogP) is 1.99. The molecule has 5 heteroatoms. The number of nitrogens with one attached hydrogen (secondary N) is 1. The molecule has 0 aliphatic carbocycles. The van der Waals surface area contributed by atoms with E-state index < -0.39 is 0 Å². The van der Waals surface area contributed by atoms with Crippen molar-refractivity contribution < 1.29 is 9.53 Å². The Morgan fingerprint density at radius 2 is 2.50 bits per heavy atom. The molecule has 1 aromatic heterocycles. The molecule has 0 aromatic carbocycles. The lowest BCUT2D eigenvalue weighted by molar-refractivity contribution is -0.122. The highest BCUT2D eigenvalue weighted by molar-refractivity contribution is 9.10. The van der Waals surface area contributed by atoms with Crippen LogP contribution in [0.1, 0.15) is 12.5 Å². The Kier molecular flexibility index (Phi) is 3.56. The molecule has 0 radical (unpaired) electrons. The van der Waals surface area contributed by atoms with E-state index in [2.05, 4.69) is 26.2 Å². The highest BCUT2D eigenvalue weighted by Gasteiger charge is 2.26. The third-order valence-corrected chi connectivity index (χ3v) is 2.97. The molecule has 2 heterocycles. The van der Waals surface area contributed by atoms with E-state index in [1.807, 2.05) is 13.0 Å². The van der Waals surface area contributed by atoms with Gasteiger partial charge in [0.25, 0.3) is 0 Å². The maximum atomic E-state index is 11.7. The van der Waals surface area contributed by atoms with Gasteiger partial charge in [-0.3, -0.25) is 4.79 Å². The summed E-state index contributed by atoms with van der Waals surface area (Å²) in [4.78, 5) is 15.9. The van der Waals surface area contributed by atoms with E-state index in [9.17, 15) is 4.79 Å². The molecule has 0 fully saturated rings. The Labute approximate surface area is 103 Å². The Morgan fingerprint density at radius 3 is 3.25 bits per heavy atom. The van der Waals surface area contributed by atoms with Crippen molar-refractivity contribution in [3.63, 3.8) is 0 Å². The smallest absolute Gasteiger partial charge is 0.231 e. The number of hydrogen-bond donors (Lipinski definition) is 1. The normalized spacial score (nSPS) is 19.1. The quantitative estimate of drug-likeness (QED) is 0.924. The molecule has 1 N–H and O–H groups in total. The number of nitrogens with zero attached hydrogens (tertiary/aromatic N) is 1. The molecule has 2 rings (SSSR count). The van der Waals surface area contributed by atoms with Gasteiger partial charge in [0.15, 0.2) is 0 Å². The second kappa shape index (κ2) is 4.93. The largest absolute Gasteiger partial charge is 0.381 e. The molecule has 1 amide bonds. The second-order valence-corrected chi connectivity index (χ2v) is 4.63. The van der Waals surface area contributed by atoms with Crippen LogP contribution in [0.3, 0.4) is 0 Å². The minimum atomic E-state index is -0.108. The van der Waals surface area contributed by atoms with Gasteiger partial charge in [0.2, 0.25) is 5.91 Å². The lowest BCUT2D eigenvalue weighted by Crippen LogP contribution is -2.33. The Morgan fingerprint density at radius 1 is 1.69 bits per heavy atom. The van der Waals surface area contributed by atoms with Crippen molar-refractivity contribution in [1.29, 1.82) is 0 Å². The molecule has 1 unspecified atom stereocenters. The maximum absolute atomic E-state index is 11.7. The number of anilines is 1. The topological polar surface area (TPSA) is 51.2 Å². The number of carbonyl (C=O) groups is 1. The fraction of sp³-hybridized carbons (Fsp3) is 0.455. The fourth-order valence-corrected chi connectivity index (χ4v) is 2.10. The summed E-state index contributed by atoms with van der Waals surface area (Å²) in [7, 11) is 0. The van der Waals surface area contributed by atoms with Gasteiger partial charge in [-0.15, -0.1) is 0 Å². The first-order valence-electron chi connectivity index (χ1n) is 5.23. The SMILES string of the molecule is CCOCC1Cc2cc(Br)cnc2NC1=O. The standard InChI is InChI=1S/C11H13BrN2O2/c1-2-16-6-8-3-7-4-9(12)5-13-10(7)14-11(8)15/h4-5,8H,2-3,6H2,1H3,(H,13,14,15). The molecule has 0 saturated heterocycles. The average Bonchev–Trinajstić information content (AvgIpc) is 2.27. The van der Waals surface area contributed by atoms with E-state index in [1.54, 1.807) is 6.20 Å². The molecule has 1 aromatic rings. The summed E-state index contributed by atoms with van der Waals surface area (Å²) in [5.74, 6) is 0.556. The van der Waals surface area contributed by atoms with Gasteiger partial charge in [0, 0.05) is 17.3 Å². The number of halogens is 1. The monoisotopic (exact) mass is 284 g/mol. The van der Waals surface area contributed by atoms with Crippen molar-refractivity contribution in [2.24, 2.45) is 5.92 Å². The van der Waals surface area contributed by atoms with Crippen LogP contribution in [-0.4, -0.2) is 24.1 Å². The van der Waals surface area contributed by atoms with Gasteiger partial charge >= 0.3 is 0 Å². The summed E-state index contributed by atoms with van der Waals surface area (Å²) >= 11 is 3.37. The van der Waals surface area contributed by atoms with E-state index in [4.69, 9.17) is 4.74 Å². The van der Waals surface area contributed by atoms with E-state index in [1.165, 1.54) is 0 Å². The molecule has 1 aliphatic heterocycles. The first kappa shape index (κ1) is 11.5. The number of ether oxygens (including phenoxy) is 1. The van der Waals surface area contributed by atoms with Crippen molar-refractivity contribution >= 4 is 27.7 Å². The third kappa shape index (κ3) is 2.41. The summed E-state index contributed by atoms with van der Waals surface area (Å²) in [6, 6.07) is 1.99. The van der Waals surface area contributed by atoms with Gasteiger partial charge < -0.3 is 10.1 Å². The van der Waals surface area contributed by atoms with Crippen molar-refractivity contribution in [3.8, 4) is 0 Å². The zero-order valence-corrected chi connectivity index (χ0v) is 10.6. The van der Waals surface area contributed by atoms with Gasteiger partial charge in [0.05, 0.1) is 12.5 Å². The number of carbonyl (C=O) groups excluding carboxylic acids is 1. The number of fused-ring (bicyclic) bond motifs is 1. The van der Waals surface area contributed by atoms with Crippen LogP contribution in [0.2, 0.25) is 0 Å². The Balaban J connectivity index is 2.16. The van der Waals surface area contributed by atoms with Gasteiger partial charge in [-0.05, 0) is 40.9 Å². The van der Waals surface area contributed by atoms with E-state index in [0.717, 1.165) is 10.0 Å². The van der Waals surface area contributed by atoms with Gasteiger partial charge in [-0.2, -0.15) is 0 Å². The molecule has 1 atom stereocenters. The van der Waals surface area contributed by atoms with Crippen LogP contribution in [0.25, 0.3) is 0 Å². The van der Waals surface area contributed by atoms with Crippen LogP contribution in [0.4, 0.5) is 5.82 Å². The molecular formula is C11H13BrN2O2. The third-order valence-electron chi connectivity index (χ3n) is 2.54. The first-order valence-corrected chi connectivity index (χ1v) is 6.03. The highest BCUT2D eigenvalue weighted by Crippen LogP contribution is 2.26. The summed E-state index contributed by atoms with van der Waals surface area (Å²) in [5.41, 5.74) is 1.05. The fourth-order valence-electron chi connectivity index (χ4n) is 1.72. The van der Waals surface area contributed by atoms with Gasteiger partial charge in [-0.25, -0.2) is 4.98 Å². The van der Waals surface area contributed by atoms with Crippen molar-refractivity contribution in [2.45, 2.75) is 13.3 Å². The van der Waals surface area contributed by atoms with E-state index in [0.29, 0.717) is 25.5 Å². The number of amides is 1. The van der Waals surface area contributed by atoms with Crippen molar-refractivity contribution in [2.75, 3.05) is 18.5 Å². The van der Waals surface area contributed by atoms with Crippen molar-refractivity contribution in [1.82, 2.24) is 4.98 Å². The minimum Gasteiger partial charge on any atom is -0.381 e. The van der Waals surface area contributed by atoms with E-state index >= 15 is 0 Å². The van der Waals surface area contributed by atoms with Crippen LogP contribution in [0.15, 0.2) is 16.7 Å². The van der Waals surface area contributed by atoms with Crippen LogP contribution < -0.4 is 5.32 Å². The Hall–Kier alpha value is -0.940. The minimum absolute atomic E-state index is 0.00391. The van der Waals surface area contributed by atoms with Crippen molar-refractivity contribution in [3.05, 3.63) is 22.3 Å². The molecule has 16 heavy (non-hydrogen) atoms. The Bertz CT molecular complexity index is 409. The van der Waals surface area contributed by atoms with Crippen LogP contribution in [0, 0.1) is 5.92 Å². The zero-order valence-electron chi connectivity index (χ0n) is 9.00. The summed E-state index contributed by atoms with van der Waals surface area (Å²) in [6.45, 7) is 3.02. The first-order chi connectivity index (χ1) is 7.70. The van der Waals surface area contributed by atoms with Gasteiger partial charge in [0.1, 0.15) is 5.82 Å². The predicted molar refractivity (Wildman–Crippen MR) is 64.3 cm³/mol. The molecule has 86 valence electrons. The summed E-state index contributed by atoms with van der Waals surface area (Å²) in [6.07, 6.45) is 2.37. The maximum Gasteiger partial charge on any atom is 0.231 e. The molecule has 0 bridgehead atoms. The van der Waals surface area contributed by atoms with Gasteiger partial charge in [-0.1, -0.05) is 0 Å². The van der Waals surface area contributed by atoms with Crippen LogP contribution in [-0.2, 0) is 16.0 Å². The lowest BCUT2D eigenvalue weighted by Gasteiger charge is -2.23. The van der Waals surface area contributed by atoms with Crippen LogP contribution >= 0.6 is 15.9 Å². The zero-order chi connectivity index (χ0) is 11.5. The number of rotatable bonds is 3. The lowest BCUT2D eigenvalue weighted by atomic mass is 9.96. The van der Waals surface area contributed by atoms with Crippen LogP contribution in [0.5, 0.6) is 0 Å². The molecule has 4 nitrogen and oxygen atoms in total. The number of aromatic nitrogens is 1. The molecule has 0 saturated carbocycles. The number of pyridine rings is 1. The molecular weight excluding hydrogens is 272 g/mol. The highest BCUT2D eigenvalue weighted by atomic mass is 79.9. The number of hydrogen-bond acceptors (Lipinski definition) is 3. The van der Waals surface area contributed by atoms with E-state index in [-0.39, 0.29) is 11.8 Å². The second-order valence-electron chi connectivity index (χ2n) is 3.71. The summed E-state index contributed by atoms with van der Waals surface area (Å²) in [5, 5.41) is 2.80. The molecule has 1 aliphatic rings. The molecule has 0 spiro atoms. The average molecular weight is 285 g/mol.